The van der Waals surface area contributed by atoms with E-state index in [0.717, 1.165) is 34.1 Å². The molecule has 0 unspecified atom stereocenters. The molecule has 10 aromatic carbocycles. The van der Waals surface area contributed by atoms with Crippen molar-refractivity contribution in [1.29, 1.82) is 0 Å². The van der Waals surface area contributed by atoms with E-state index in [1.807, 2.05) is 11.3 Å². The summed E-state index contributed by atoms with van der Waals surface area (Å²) >= 11 is 1.88. The standard InChI is InChI=1S/C56H38N2S/c1-5-15-39(16-6-1)41-19-13-25-47(35-41)57(45-21-9-3-10-22-45)49-29-31-51-43(37-49)27-33-53-55(51)56-52-32-30-50(38-44(52)28-34-54(56)59-53)58(46-23-11-4-12-24-46)48-26-14-20-42(36-48)40-17-7-2-8-18-40/h1-38H. The lowest BCUT2D eigenvalue weighted by Crippen LogP contribution is -2.10. The molecule has 11 aromatic rings. The van der Waals surface area contributed by atoms with E-state index in [2.05, 4.69) is 240 Å². The molecule has 2 nitrogen and oxygen atoms in total. The van der Waals surface area contributed by atoms with Crippen molar-refractivity contribution in [3.05, 3.63) is 231 Å². The highest BCUT2D eigenvalue weighted by Crippen LogP contribution is 2.46. The number of thiophene rings is 1. The molecule has 0 radical (unpaired) electrons. The van der Waals surface area contributed by atoms with Gasteiger partial charge in [0.1, 0.15) is 0 Å². The molecule has 0 atom stereocenters. The molecule has 0 aliphatic heterocycles. The van der Waals surface area contributed by atoms with Crippen LogP contribution in [0.3, 0.4) is 0 Å². The van der Waals surface area contributed by atoms with E-state index in [4.69, 9.17) is 0 Å². The maximum Gasteiger partial charge on any atom is 0.0468 e. The Kier molecular flexibility index (Phi) is 8.72. The highest BCUT2D eigenvalue weighted by atomic mass is 32.1. The molecule has 0 spiro atoms. The third-order valence-corrected chi connectivity index (χ3v) is 12.5. The normalized spacial score (nSPS) is 11.4. The summed E-state index contributed by atoms with van der Waals surface area (Å²) in [6.07, 6.45) is 0. The Morgan fingerprint density at radius 2 is 0.610 bits per heavy atom. The largest absolute Gasteiger partial charge is 0.310 e. The summed E-state index contributed by atoms with van der Waals surface area (Å²) in [7, 11) is 0. The van der Waals surface area contributed by atoms with Crippen LogP contribution in [-0.2, 0) is 0 Å². The summed E-state index contributed by atoms with van der Waals surface area (Å²) in [5.74, 6) is 0. The SMILES string of the molecule is c1ccc(-c2cccc(N(c3ccccc3)c3ccc4c(ccc5sc6ccc7cc(N(c8ccccc8)c8cccc(-c9ccccc9)c8)ccc7c6c54)c3)c2)cc1. The average Bonchev–Trinajstić information content (AvgIpc) is 3.70. The van der Waals surface area contributed by atoms with Crippen LogP contribution in [0.1, 0.15) is 0 Å². The fraction of sp³-hybridized carbons (Fsp3) is 0. The molecular weight excluding hydrogens is 733 g/mol. The minimum absolute atomic E-state index is 1.12. The van der Waals surface area contributed by atoms with Gasteiger partial charge in [-0.2, -0.15) is 0 Å². The Morgan fingerprint density at radius 3 is 1.03 bits per heavy atom. The molecule has 278 valence electrons. The van der Waals surface area contributed by atoms with Gasteiger partial charge >= 0.3 is 0 Å². The maximum atomic E-state index is 2.37. The number of anilines is 6. The van der Waals surface area contributed by atoms with Gasteiger partial charge in [0.25, 0.3) is 0 Å². The molecule has 0 saturated carbocycles. The fourth-order valence-electron chi connectivity index (χ4n) is 8.64. The molecule has 0 aliphatic carbocycles. The lowest BCUT2D eigenvalue weighted by Gasteiger charge is -2.26. The van der Waals surface area contributed by atoms with Crippen LogP contribution >= 0.6 is 11.3 Å². The van der Waals surface area contributed by atoms with Crippen molar-refractivity contribution in [2.45, 2.75) is 0 Å². The number of rotatable bonds is 8. The van der Waals surface area contributed by atoms with Crippen LogP contribution in [0, 0.1) is 0 Å². The van der Waals surface area contributed by atoms with Crippen molar-refractivity contribution in [2.75, 3.05) is 9.80 Å². The molecule has 0 amide bonds. The molecule has 0 fully saturated rings. The van der Waals surface area contributed by atoms with Gasteiger partial charge in [-0.05, 0) is 129 Å². The Balaban J connectivity index is 1.04. The van der Waals surface area contributed by atoms with E-state index in [0.29, 0.717) is 0 Å². The molecule has 59 heavy (non-hydrogen) atoms. The Hall–Kier alpha value is -7.46. The molecular formula is C56H38N2S. The van der Waals surface area contributed by atoms with Crippen molar-refractivity contribution in [2.24, 2.45) is 0 Å². The Morgan fingerprint density at radius 1 is 0.254 bits per heavy atom. The first-order valence-corrected chi connectivity index (χ1v) is 20.9. The molecule has 11 rings (SSSR count). The zero-order valence-corrected chi connectivity index (χ0v) is 33.1. The first kappa shape index (κ1) is 34.8. The van der Waals surface area contributed by atoms with E-state index >= 15 is 0 Å². The predicted octanol–water partition coefficient (Wildman–Crippen LogP) is 16.6. The van der Waals surface area contributed by atoms with E-state index in [9.17, 15) is 0 Å². The number of hydrogen-bond acceptors (Lipinski definition) is 3. The second-order valence-corrected chi connectivity index (χ2v) is 16.0. The molecule has 0 N–H and O–H groups in total. The summed E-state index contributed by atoms with van der Waals surface area (Å²) < 4.78 is 2.60. The van der Waals surface area contributed by atoms with Gasteiger partial charge in [0, 0.05) is 54.3 Å². The minimum atomic E-state index is 1.12. The van der Waals surface area contributed by atoms with E-state index < -0.39 is 0 Å². The van der Waals surface area contributed by atoms with Crippen LogP contribution in [0.5, 0.6) is 0 Å². The third-order valence-electron chi connectivity index (χ3n) is 11.4. The highest BCUT2D eigenvalue weighted by molar-refractivity contribution is 7.26. The zero-order valence-electron chi connectivity index (χ0n) is 32.2. The summed E-state index contributed by atoms with van der Waals surface area (Å²) in [5.41, 5.74) is 11.5. The highest BCUT2D eigenvalue weighted by Gasteiger charge is 2.19. The van der Waals surface area contributed by atoms with Crippen molar-refractivity contribution in [1.82, 2.24) is 0 Å². The number of fused-ring (bicyclic) bond motifs is 7. The van der Waals surface area contributed by atoms with Crippen molar-refractivity contribution < 1.29 is 0 Å². The first-order chi connectivity index (χ1) is 29.2. The zero-order chi connectivity index (χ0) is 39.1. The fourth-order valence-corrected chi connectivity index (χ4v) is 9.77. The lowest BCUT2D eigenvalue weighted by molar-refractivity contribution is 1.29. The molecule has 1 heterocycles. The molecule has 0 bridgehead atoms. The van der Waals surface area contributed by atoms with E-state index in [1.54, 1.807) is 0 Å². The van der Waals surface area contributed by atoms with Gasteiger partial charge < -0.3 is 9.80 Å². The van der Waals surface area contributed by atoms with Crippen LogP contribution < -0.4 is 9.80 Å². The minimum Gasteiger partial charge on any atom is -0.310 e. The topological polar surface area (TPSA) is 6.48 Å². The van der Waals surface area contributed by atoms with Crippen LogP contribution in [-0.4, -0.2) is 0 Å². The van der Waals surface area contributed by atoms with Gasteiger partial charge in [-0.1, -0.05) is 146 Å². The Bertz CT molecular complexity index is 3050. The van der Waals surface area contributed by atoms with Gasteiger partial charge in [0.05, 0.1) is 0 Å². The molecule has 0 saturated heterocycles. The maximum absolute atomic E-state index is 2.37. The van der Waals surface area contributed by atoms with Gasteiger partial charge in [-0.15, -0.1) is 11.3 Å². The van der Waals surface area contributed by atoms with Crippen LogP contribution in [0.4, 0.5) is 34.1 Å². The number of benzene rings is 10. The lowest BCUT2D eigenvalue weighted by atomic mass is 9.98. The van der Waals surface area contributed by atoms with Gasteiger partial charge in [0.15, 0.2) is 0 Å². The summed E-state index contributed by atoms with van der Waals surface area (Å²) in [6, 6.07) is 83.5. The summed E-state index contributed by atoms with van der Waals surface area (Å²) in [4.78, 5) is 4.74. The monoisotopic (exact) mass is 770 g/mol. The Labute approximate surface area is 348 Å². The van der Waals surface area contributed by atoms with Crippen molar-refractivity contribution >= 4 is 87.2 Å². The predicted molar refractivity (Wildman–Crippen MR) is 255 cm³/mol. The van der Waals surface area contributed by atoms with Gasteiger partial charge in [0.2, 0.25) is 0 Å². The van der Waals surface area contributed by atoms with Gasteiger partial charge in [-0.3, -0.25) is 0 Å². The molecule has 1 aromatic heterocycles. The number of hydrogen-bond donors (Lipinski definition) is 0. The van der Waals surface area contributed by atoms with Crippen LogP contribution in [0.2, 0.25) is 0 Å². The molecule has 3 heteroatoms. The van der Waals surface area contributed by atoms with Crippen LogP contribution in [0.15, 0.2) is 231 Å². The summed E-state index contributed by atoms with van der Waals surface area (Å²) in [6.45, 7) is 0. The van der Waals surface area contributed by atoms with Crippen molar-refractivity contribution in [3.63, 3.8) is 0 Å². The quantitative estimate of drug-likeness (QED) is 0.152. The second kappa shape index (κ2) is 14.8. The van der Waals surface area contributed by atoms with Crippen LogP contribution in [0.25, 0.3) is 64.0 Å². The number of nitrogens with zero attached hydrogens (tertiary/aromatic N) is 2. The average molecular weight is 771 g/mol. The first-order valence-electron chi connectivity index (χ1n) is 20.1. The number of para-hydroxylation sites is 2. The third kappa shape index (κ3) is 6.39. The van der Waals surface area contributed by atoms with E-state index in [1.165, 1.54) is 64.0 Å². The second-order valence-electron chi connectivity index (χ2n) is 15.0. The smallest absolute Gasteiger partial charge is 0.0468 e. The van der Waals surface area contributed by atoms with E-state index in [-0.39, 0.29) is 0 Å². The van der Waals surface area contributed by atoms with Gasteiger partial charge in [-0.25, -0.2) is 0 Å². The molecule has 0 aliphatic rings. The summed E-state index contributed by atoms with van der Waals surface area (Å²) in [5, 5.41) is 7.61. The van der Waals surface area contributed by atoms with Crippen molar-refractivity contribution in [3.8, 4) is 22.3 Å².